The van der Waals surface area contributed by atoms with Crippen LogP contribution in [0.15, 0.2) is 23.7 Å². The first kappa shape index (κ1) is 12.5. The summed E-state index contributed by atoms with van der Waals surface area (Å²) in [6, 6.07) is 4.44. The van der Waals surface area contributed by atoms with Crippen LogP contribution in [0, 0.1) is 6.92 Å². The van der Waals surface area contributed by atoms with E-state index in [1.54, 1.807) is 15.9 Å². The van der Waals surface area contributed by atoms with Crippen LogP contribution in [0.2, 0.25) is 0 Å². The smallest absolute Gasteiger partial charge is 0.185 e. The number of nitrogens with zero attached hydrogens (tertiary/aromatic N) is 7. The van der Waals surface area contributed by atoms with E-state index in [1.807, 2.05) is 30.6 Å². The molecule has 3 aromatic heterocycles. The molecule has 7 nitrogen and oxygen atoms in total. The number of rotatable bonds is 3. The Morgan fingerprint density at radius 1 is 1.29 bits per heavy atom. The maximum atomic E-state index is 4.60. The third-order valence-electron chi connectivity index (χ3n) is 3.86. The van der Waals surface area contributed by atoms with Crippen LogP contribution >= 0.6 is 11.3 Å². The predicted octanol–water partition coefficient (Wildman–Crippen LogP) is 1.21. The fraction of sp³-hybridized carbons (Fsp3) is 0.385. The summed E-state index contributed by atoms with van der Waals surface area (Å²) in [5, 5.41) is 15.8. The van der Waals surface area contributed by atoms with Crippen LogP contribution in [0.3, 0.4) is 0 Å². The minimum atomic E-state index is 0.482. The topological polar surface area (TPSA) is 62.5 Å². The molecule has 0 unspecified atom stereocenters. The molecule has 1 saturated heterocycles. The average Bonchev–Trinajstić information content (AvgIpc) is 3.08. The molecule has 0 aromatic carbocycles. The molecule has 3 aromatic rings. The summed E-state index contributed by atoms with van der Waals surface area (Å²) in [7, 11) is 2.10. The SMILES string of the molecule is Cc1nnc2ccc(N3CC(N(C)c4nccs4)C3)nn12. The molecule has 0 atom stereocenters. The minimum absolute atomic E-state index is 0.482. The van der Waals surface area contributed by atoms with E-state index in [9.17, 15) is 0 Å². The maximum absolute atomic E-state index is 4.60. The van der Waals surface area contributed by atoms with E-state index in [4.69, 9.17) is 0 Å². The van der Waals surface area contributed by atoms with Crippen molar-refractivity contribution in [2.45, 2.75) is 13.0 Å². The fourth-order valence-electron chi connectivity index (χ4n) is 2.49. The first-order valence-corrected chi connectivity index (χ1v) is 7.66. The fourth-order valence-corrected chi connectivity index (χ4v) is 3.17. The Balaban J connectivity index is 1.50. The Bertz CT molecular complexity index is 760. The van der Waals surface area contributed by atoms with Crippen LogP contribution in [0.4, 0.5) is 10.9 Å². The number of likely N-dealkylation sites (N-methyl/N-ethyl adjacent to an activating group) is 1. The molecule has 0 radical (unpaired) electrons. The Morgan fingerprint density at radius 3 is 2.90 bits per heavy atom. The van der Waals surface area contributed by atoms with Gasteiger partial charge >= 0.3 is 0 Å². The molecule has 0 aliphatic carbocycles. The van der Waals surface area contributed by atoms with Crippen LogP contribution in [0.5, 0.6) is 0 Å². The van der Waals surface area contributed by atoms with Gasteiger partial charge in [0.05, 0.1) is 6.04 Å². The molecule has 4 rings (SSSR count). The molecule has 0 N–H and O–H groups in total. The van der Waals surface area contributed by atoms with E-state index >= 15 is 0 Å². The Morgan fingerprint density at radius 2 is 2.14 bits per heavy atom. The van der Waals surface area contributed by atoms with E-state index < -0.39 is 0 Å². The summed E-state index contributed by atoms with van der Waals surface area (Å²) in [4.78, 5) is 8.85. The lowest BCUT2D eigenvalue weighted by Gasteiger charge is -2.44. The van der Waals surface area contributed by atoms with Crippen LogP contribution in [-0.2, 0) is 0 Å². The zero-order valence-corrected chi connectivity index (χ0v) is 12.7. The van der Waals surface area contributed by atoms with E-state index in [0.717, 1.165) is 35.5 Å². The summed E-state index contributed by atoms with van der Waals surface area (Å²) in [6.45, 7) is 3.82. The number of hydrogen-bond acceptors (Lipinski definition) is 7. The van der Waals surface area contributed by atoms with Crippen LogP contribution in [0.1, 0.15) is 5.82 Å². The Labute approximate surface area is 125 Å². The van der Waals surface area contributed by atoms with Gasteiger partial charge in [0.1, 0.15) is 5.82 Å². The van der Waals surface area contributed by atoms with Crippen LogP contribution < -0.4 is 9.80 Å². The van der Waals surface area contributed by atoms with E-state index in [1.165, 1.54) is 0 Å². The number of aryl methyl sites for hydroxylation is 1. The molecular formula is C13H15N7S. The Kier molecular flexibility index (Phi) is 2.78. The largest absolute Gasteiger partial charge is 0.351 e. The lowest BCUT2D eigenvalue weighted by atomic mass is 10.1. The average molecular weight is 301 g/mol. The number of aromatic nitrogens is 5. The van der Waals surface area contributed by atoms with Crippen molar-refractivity contribution < 1.29 is 0 Å². The van der Waals surface area contributed by atoms with Gasteiger partial charge in [-0.25, -0.2) is 4.98 Å². The van der Waals surface area contributed by atoms with Gasteiger partial charge in [0.25, 0.3) is 0 Å². The summed E-state index contributed by atoms with van der Waals surface area (Å²) in [5.74, 6) is 1.78. The van der Waals surface area contributed by atoms with Crippen LogP contribution in [-0.4, -0.2) is 51.0 Å². The predicted molar refractivity (Wildman–Crippen MR) is 82.0 cm³/mol. The van der Waals surface area contributed by atoms with E-state index in [-0.39, 0.29) is 0 Å². The highest BCUT2D eigenvalue weighted by Gasteiger charge is 2.32. The molecule has 0 bridgehead atoms. The normalized spacial score (nSPS) is 15.4. The number of thiazole rings is 1. The second-order valence-corrected chi connectivity index (χ2v) is 6.07. The quantitative estimate of drug-likeness (QED) is 0.725. The molecule has 0 saturated carbocycles. The van der Waals surface area contributed by atoms with Gasteiger partial charge in [0, 0.05) is 31.7 Å². The van der Waals surface area contributed by atoms with Gasteiger partial charge in [-0.1, -0.05) is 0 Å². The molecule has 8 heteroatoms. The summed E-state index contributed by atoms with van der Waals surface area (Å²) >= 11 is 1.67. The lowest BCUT2D eigenvalue weighted by molar-refractivity contribution is 0.489. The van der Waals surface area contributed by atoms with Crippen molar-refractivity contribution in [2.24, 2.45) is 0 Å². The molecule has 0 spiro atoms. The van der Waals surface area contributed by atoms with Gasteiger partial charge < -0.3 is 9.80 Å². The zero-order valence-electron chi connectivity index (χ0n) is 11.8. The molecule has 0 amide bonds. The van der Waals surface area contributed by atoms with Gasteiger partial charge in [0.2, 0.25) is 0 Å². The molecular weight excluding hydrogens is 286 g/mol. The van der Waals surface area contributed by atoms with Gasteiger partial charge in [0.15, 0.2) is 16.6 Å². The van der Waals surface area contributed by atoms with Crippen molar-refractivity contribution in [3.63, 3.8) is 0 Å². The zero-order chi connectivity index (χ0) is 14.4. The third-order valence-corrected chi connectivity index (χ3v) is 4.72. The second kappa shape index (κ2) is 4.66. The van der Waals surface area contributed by atoms with Gasteiger partial charge in [-0.05, 0) is 19.1 Å². The maximum Gasteiger partial charge on any atom is 0.185 e. The van der Waals surface area contributed by atoms with Crippen molar-refractivity contribution in [3.05, 3.63) is 29.5 Å². The standard InChI is InChI=1S/C13H15N7S/c1-9-15-16-11-3-4-12(17-20(9)11)19-7-10(8-19)18(2)13-14-5-6-21-13/h3-6,10H,7-8H2,1-2H3. The molecule has 1 fully saturated rings. The van der Waals surface area contributed by atoms with Crippen LogP contribution in [0.25, 0.3) is 5.65 Å². The van der Waals surface area contributed by atoms with Crippen molar-refractivity contribution >= 4 is 27.9 Å². The van der Waals surface area contributed by atoms with Crippen molar-refractivity contribution in [1.29, 1.82) is 0 Å². The molecule has 108 valence electrons. The summed E-state index contributed by atoms with van der Waals surface area (Å²) in [6.07, 6.45) is 1.84. The number of hydrogen-bond donors (Lipinski definition) is 0. The number of fused-ring (bicyclic) bond motifs is 1. The van der Waals surface area contributed by atoms with Crippen molar-refractivity contribution in [3.8, 4) is 0 Å². The highest BCUT2D eigenvalue weighted by Crippen LogP contribution is 2.26. The van der Waals surface area contributed by atoms with Gasteiger partial charge in [-0.3, -0.25) is 0 Å². The lowest BCUT2D eigenvalue weighted by Crippen LogP contribution is -2.59. The number of anilines is 2. The molecule has 1 aliphatic heterocycles. The van der Waals surface area contributed by atoms with E-state index in [0.29, 0.717) is 6.04 Å². The third kappa shape index (κ3) is 2.02. The van der Waals surface area contributed by atoms with Crippen molar-refractivity contribution in [2.75, 3.05) is 29.9 Å². The molecule has 1 aliphatic rings. The summed E-state index contributed by atoms with van der Waals surface area (Å²) < 4.78 is 1.78. The molecule has 4 heterocycles. The van der Waals surface area contributed by atoms with Crippen molar-refractivity contribution in [1.82, 2.24) is 24.8 Å². The Hall–Kier alpha value is -2.22. The summed E-state index contributed by atoms with van der Waals surface area (Å²) in [5.41, 5.74) is 0.785. The van der Waals surface area contributed by atoms with Gasteiger partial charge in [-0.2, -0.15) is 4.52 Å². The first-order valence-electron chi connectivity index (χ1n) is 6.79. The van der Waals surface area contributed by atoms with E-state index in [2.05, 4.69) is 37.1 Å². The first-order chi connectivity index (χ1) is 10.2. The molecule has 21 heavy (non-hydrogen) atoms. The minimum Gasteiger partial charge on any atom is -0.351 e. The second-order valence-electron chi connectivity index (χ2n) is 5.19. The highest BCUT2D eigenvalue weighted by molar-refractivity contribution is 7.13. The monoisotopic (exact) mass is 301 g/mol. The van der Waals surface area contributed by atoms with Gasteiger partial charge in [-0.15, -0.1) is 26.6 Å². The highest BCUT2D eigenvalue weighted by atomic mass is 32.1.